The molecule has 1 aliphatic carbocycles. The van der Waals surface area contributed by atoms with E-state index < -0.39 is 0 Å². The predicted octanol–water partition coefficient (Wildman–Crippen LogP) is 6.38. The second-order valence-corrected chi connectivity index (χ2v) is 10.4. The Kier molecular flexibility index (Phi) is 7.35. The maximum Gasteiger partial charge on any atom is 0.269 e. The zero-order valence-electron chi connectivity index (χ0n) is 19.5. The lowest BCUT2D eigenvalue weighted by Crippen LogP contribution is -2.41. The molecule has 5 rings (SSSR count). The summed E-state index contributed by atoms with van der Waals surface area (Å²) >= 11 is 18.3. The smallest absolute Gasteiger partial charge is 0.269 e. The number of hydrazine groups is 1. The molecule has 1 saturated heterocycles. The Bertz CT molecular complexity index is 1330. The highest BCUT2D eigenvalue weighted by atomic mass is 35.5. The van der Waals surface area contributed by atoms with Gasteiger partial charge in [0.15, 0.2) is 0 Å². The minimum absolute atomic E-state index is 0.121. The van der Waals surface area contributed by atoms with Gasteiger partial charge < -0.3 is 0 Å². The fourth-order valence-electron chi connectivity index (χ4n) is 4.90. The third-order valence-electron chi connectivity index (χ3n) is 6.82. The van der Waals surface area contributed by atoms with E-state index in [2.05, 4.69) is 45.0 Å². The molecule has 1 fully saturated rings. The lowest BCUT2D eigenvalue weighted by atomic mass is 9.74. The molecule has 2 N–H and O–H groups in total. The van der Waals surface area contributed by atoms with Gasteiger partial charge >= 0.3 is 0 Å². The Morgan fingerprint density at radius 1 is 1.00 bits per heavy atom. The third-order valence-corrected chi connectivity index (χ3v) is 7.51. The monoisotopic (exact) mass is 538 g/mol. The van der Waals surface area contributed by atoms with Crippen molar-refractivity contribution in [2.45, 2.75) is 18.3 Å². The van der Waals surface area contributed by atoms with Crippen LogP contribution in [0.1, 0.15) is 39.9 Å². The molecule has 184 valence electrons. The Hall–Kier alpha value is -2.83. The van der Waals surface area contributed by atoms with E-state index in [9.17, 15) is 4.79 Å². The second kappa shape index (κ2) is 10.7. The molecule has 2 aliphatic rings. The fourth-order valence-corrected chi connectivity index (χ4v) is 5.37. The van der Waals surface area contributed by atoms with E-state index in [1.54, 1.807) is 6.07 Å². The molecule has 1 aliphatic heterocycles. The number of carbonyl (C=O) groups excluding carboxylic acids is 1. The summed E-state index contributed by atoms with van der Waals surface area (Å²) in [6.45, 7) is 2.81. The first-order chi connectivity index (χ1) is 17.4. The molecule has 2 aromatic carbocycles. The number of halogens is 3. The van der Waals surface area contributed by atoms with Crippen LogP contribution in [0, 0.1) is 0 Å². The standard InChI is InChI=1S/C28H25Cl3N4O/c29-21-5-3-19(4-6-21)2-1-13-35-14-10-28(11-15-35)18-25(23-8-7-22(30)17-24(23)28)33-34-27(36)20-9-12-32-26(31)16-20/h1-9,12,16-18,33H,10-11,13-15H2,(H,34,36). The van der Waals surface area contributed by atoms with Gasteiger partial charge in [0.25, 0.3) is 5.91 Å². The molecule has 0 bridgehead atoms. The number of carbonyl (C=O) groups is 1. The van der Waals surface area contributed by atoms with E-state index in [1.807, 2.05) is 36.4 Å². The van der Waals surface area contributed by atoms with Crippen molar-refractivity contribution in [1.82, 2.24) is 20.7 Å². The second-order valence-electron chi connectivity index (χ2n) is 9.10. The van der Waals surface area contributed by atoms with Gasteiger partial charge in [-0.1, -0.05) is 65.2 Å². The molecule has 0 radical (unpaired) electrons. The molecule has 0 unspecified atom stereocenters. The highest BCUT2D eigenvalue weighted by Gasteiger charge is 2.41. The Balaban J connectivity index is 1.26. The van der Waals surface area contributed by atoms with Gasteiger partial charge in [-0.15, -0.1) is 0 Å². The summed E-state index contributed by atoms with van der Waals surface area (Å²) in [5, 5.41) is 1.73. The zero-order chi connectivity index (χ0) is 25.1. The van der Waals surface area contributed by atoms with Gasteiger partial charge in [-0.05, 0) is 79.5 Å². The van der Waals surface area contributed by atoms with Crippen molar-refractivity contribution in [2.75, 3.05) is 19.6 Å². The quantitative estimate of drug-likeness (QED) is 0.282. The van der Waals surface area contributed by atoms with E-state index in [0.717, 1.165) is 54.3 Å². The number of aromatic nitrogens is 1. The number of nitrogens with zero attached hydrogens (tertiary/aromatic N) is 2. The number of nitrogens with one attached hydrogen (secondary N) is 2. The maximum atomic E-state index is 12.6. The van der Waals surface area contributed by atoms with Crippen LogP contribution in [0.15, 0.2) is 72.9 Å². The first kappa shape index (κ1) is 24.8. The number of likely N-dealkylation sites (tertiary alicyclic amines) is 1. The molecule has 3 aromatic rings. The van der Waals surface area contributed by atoms with E-state index in [0.29, 0.717) is 10.6 Å². The molecule has 1 amide bonds. The lowest BCUT2D eigenvalue weighted by molar-refractivity contribution is 0.0942. The molecular weight excluding hydrogens is 515 g/mol. The number of hydrogen-bond donors (Lipinski definition) is 2. The van der Waals surface area contributed by atoms with Gasteiger partial charge in [0.2, 0.25) is 0 Å². The predicted molar refractivity (Wildman–Crippen MR) is 147 cm³/mol. The van der Waals surface area contributed by atoms with E-state index >= 15 is 0 Å². The van der Waals surface area contributed by atoms with Crippen LogP contribution in [0.5, 0.6) is 0 Å². The van der Waals surface area contributed by atoms with Crippen molar-refractivity contribution in [2.24, 2.45) is 0 Å². The molecular formula is C28H25Cl3N4O. The molecule has 1 spiro atoms. The van der Waals surface area contributed by atoms with Crippen molar-refractivity contribution in [3.8, 4) is 0 Å². The van der Waals surface area contributed by atoms with Gasteiger partial charge in [0.05, 0.1) is 5.70 Å². The van der Waals surface area contributed by atoms with Crippen molar-refractivity contribution in [3.05, 3.63) is 110 Å². The average molecular weight is 540 g/mol. The maximum absolute atomic E-state index is 12.6. The Labute approximate surface area is 225 Å². The molecule has 0 atom stereocenters. The van der Waals surface area contributed by atoms with Crippen LogP contribution in [0.25, 0.3) is 11.8 Å². The molecule has 5 nitrogen and oxygen atoms in total. The number of hydrogen-bond acceptors (Lipinski definition) is 4. The van der Waals surface area contributed by atoms with Crippen LogP contribution in [0.3, 0.4) is 0 Å². The van der Waals surface area contributed by atoms with E-state index in [-0.39, 0.29) is 16.5 Å². The number of amides is 1. The first-order valence-corrected chi connectivity index (χ1v) is 12.9. The number of benzene rings is 2. The van der Waals surface area contributed by atoms with Gasteiger partial charge in [-0.25, -0.2) is 4.98 Å². The topological polar surface area (TPSA) is 57.3 Å². The fraction of sp³-hybridized carbons (Fsp3) is 0.214. The van der Waals surface area contributed by atoms with Gasteiger partial charge in [0, 0.05) is 39.3 Å². The number of rotatable bonds is 6. The summed E-state index contributed by atoms with van der Waals surface area (Å²) in [7, 11) is 0. The summed E-state index contributed by atoms with van der Waals surface area (Å²) in [5.41, 5.74) is 10.5. The van der Waals surface area contributed by atoms with E-state index in [4.69, 9.17) is 34.8 Å². The number of piperidine rings is 1. The largest absolute Gasteiger partial charge is 0.300 e. The summed E-state index contributed by atoms with van der Waals surface area (Å²) in [6.07, 6.45) is 10.0. The highest BCUT2D eigenvalue weighted by molar-refractivity contribution is 6.31. The van der Waals surface area contributed by atoms with Crippen LogP contribution >= 0.6 is 34.8 Å². The Morgan fingerprint density at radius 3 is 2.50 bits per heavy atom. The number of allylic oxidation sites excluding steroid dienone is 1. The third kappa shape index (κ3) is 5.45. The molecule has 8 heteroatoms. The molecule has 36 heavy (non-hydrogen) atoms. The lowest BCUT2D eigenvalue weighted by Gasteiger charge is -2.38. The summed E-state index contributed by atoms with van der Waals surface area (Å²) in [4.78, 5) is 19.0. The number of pyridine rings is 1. The summed E-state index contributed by atoms with van der Waals surface area (Å²) in [5.74, 6) is -0.279. The summed E-state index contributed by atoms with van der Waals surface area (Å²) in [6, 6.07) is 17.0. The SMILES string of the molecule is O=C(NNC1=CC2(CCN(CC=Cc3ccc(Cl)cc3)CC2)c2cc(Cl)ccc21)c1ccnc(Cl)c1. The van der Waals surface area contributed by atoms with Gasteiger partial charge in [-0.2, -0.15) is 0 Å². The normalized spacial score (nSPS) is 16.7. The van der Waals surface area contributed by atoms with E-state index in [1.165, 1.54) is 17.8 Å². The molecule has 1 aromatic heterocycles. The minimum atomic E-state index is -0.279. The average Bonchev–Trinajstić information content (AvgIpc) is 3.17. The number of fused-ring (bicyclic) bond motifs is 2. The van der Waals surface area contributed by atoms with Crippen LogP contribution in [0.2, 0.25) is 15.2 Å². The summed E-state index contributed by atoms with van der Waals surface area (Å²) < 4.78 is 0. The van der Waals surface area contributed by atoms with Crippen LogP contribution < -0.4 is 10.9 Å². The van der Waals surface area contributed by atoms with Crippen LogP contribution in [-0.2, 0) is 5.41 Å². The van der Waals surface area contributed by atoms with Crippen molar-refractivity contribution < 1.29 is 4.79 Å². The van der Waals surface area contributed by atoms with Gasteiger partial charge in [0.1, 0.15) is 5.15 Å². The minimum Gasteiger partial charge on any atom is -0.300 e. The zero-order valence-corrected chi connectivity index (χ0v) is 21.7. The van der Waals surface area contributed by atoms with Crippen LogP contribution in [-0.4, -0.2) is 35.4 Å². The van der Waals surface area contributed by atoms with Crippen molar-refractivity contribution in [3.63, 3.8) is 0 Å². The first-order valence-electron chi connectivity index (χ1n) is 11.8. The molecule has 0 saturated carbocycles. The van der Waals surface area contributed by atoms with Gasteiger partial charge in [-0.3, -0.25) is 20.5 Å². The van der Waals surface area contributed by atoms with Crippen molar-refractivity contribution in [1.29, 1.82) is 0 Å². The highest BCUT2D eigenvalue weighted by Crippen LogP contribution is 2.47. The molecule has 2 heterocycles. The van der Waals surface area contributed by atoms with Crippen molar-refractivity contribution >= 4 is 52.5 Å². The van der Waals surface area contributed by atoms with Crippen LogP contribution in [0.4, 0.5) is 0 Å². The Morgan fingerprint density at radius 2 is 1.75 bits per heavy atom.